The van der Waals surface area contributed by atoms with E-state index in [2.05, 4.69) is 10.6 Å². The summed E-state index contributed by atoms with van der Waals surface area (Å²) in [4.78, 5) is 25.4. The number of carbonyl (C=O) groups is 2. The van der Waals surface area contributed by atoms with Crippen molar-refractivity contribution in [1.29, 1.82) is 0 Å². The molecule has 0 spiro atoms. The summed E-state index contributed by atoms with van der Waals surface area (Å²) in [7, 11) is 3.06. The fourth-order valence-corrected chi connectivity index (χ4v) is 2.71. The molecule has 0 aromatic heterocycles. The third-order valence-corrected chi connectivity index (χ3v) is 4.10. The summed E-state index contributed by atoms with van der Waals surface area (Å²) in [5, 5.41) is 5.60. The smallest absolute Gasteiger partial charge is 0.259 e. The molecular formula is C22H20N2O4. The maximum Gasteiger partial charge on any atom is 0.259 e. The lowest BCUT2D eigenvalue weighted by atomic mass is 10.1. The quantitative estimate of drug-likeness (QED) is 0.676. The fourth-order valence-electron chi connectivity index (χ4n) is 2.71. The molecule has 0 saturated heterocycles. The molecule has 0 heterocycles. The number of amides is 2. The molecule has 0 fully saturated rings. The van der Waals surface area contributed by atoms with Crippen LogP contribution in [0.2, 0.25) is 0 Å². The number of anilines is 2. The van der Waals surface area contributed by atoms with Crippen LogP contribution < -0.4 is 20.1 Å². The Morgan fingerprint density at radius 3 is 2.14 bits per heavy atom. The van der Waals surface area contributed by atoms with Crippen LogP contribution in [0.3, 0.4) is 0 Å². The van der Waals surface area contributed by atoms with Crippen LogP contribution in [0.4, 0.5) is 11.4 Å². The topological polar surface area (TPSA) is 76.7 Å². The highest BCUT2D eigenvalue weighted by molar-refractivity contribution is 6.13. The van der Waals surface area contributed by atoms with Crippen LogP contribution in [0.1, 0.15) is 20.7 Å². The Kier molecular flexibility index (Phi) is 5.91. The number of methoxy groups -OCH3 is 2. The van der Waals surface area contributed by atoms with Crippen molar-refractivity contribution in [3.05, 3.63) is 83.9 Å². The van der Waals surface area contributed by atoms with Crippen molar-refractivity contribution in [3.8, 4) is 11.5 Å². The average molecular weight is 376 g/mol. The molecule has 142 valence electrons. The molecule has 3 aromatic rings. The summed E-state index contributed by atoms with van der Waals surface area (Å²) in [5.74, 6) is 0.386. The van der Waals surface area contributed by atoms with Gasteiger partial charge in [0.25, 0.3) is 11.8 Å². The maximum atomic E-state index is 12.7. The molecule has 0 aliphatic rings. The molecule has 6 nitrogen and oxygen atoms in total. The Labute approximate surface area is 163 Å². The number of carbonyl (C=O) groups excluding carboxylic acids is 2. The van der Waals surface area contributed by atoms with Gasteiger partial charge in [0, 0.05) is 11.8 Å². The molecule has 2 N–H and O–H groups in total. The number of benzene rings is 3. The first-order chi connectivity index (χ1) is 13.6. The SMILES string of the molecule is COc1cccc(NC(=O)c2ccccc2NC(=O)c2ccccc2OC)c1. The Morgan fingerprint density at radius 2 is 1.39 bits per heavy atom. The van der Waals surface area contributed by atoms with Gasteiger partial charge in [-0.3, -0.25) is 9.59 Å². The predicted octanol–water partition coefficient (Wildman–Crippen LogP) is 4.21. The van der Waals surface area contributed by atoms with Gasteiger partial charge in [0.05, 0.1) is 31.0 Å². The van der Waals surface area contributed by atoms with Crippen LogP contribution in [0.25, 0.3) is 0 Å². The van der Waals surface area contributed by atoms with Crippen LogP contribution in [0.15, 0.2) is 72.8 Å². The van der Waals surface area contributed by atoms with Gasteiger partial charge in [-0.1, -0.05) is 30.3 Å². The van der Waals surface area contributed by atoms with Crippen LogP contribution in [-0.4, -0.2) is 26.0 Å². The molecule has 3 rings (SSSR count). The van der Waals surface area contributed by atoms with Gasteiger partial charge < -0.3 is 20.1 Å². The normalized spacial score (nSPS) is 10.1. The van der Waals surface area contributed by atoms with Gasteiger partial charge in [-0.15, -0.1) is 0 Å². The lowest BCUT2D eigenvalue weighted by Gasteiger charge is -2.13. The summed E-state index contributed by atoms with van der Waals surface area (Å²) in [6.45, 7) is 0. The van der Waals surface area contributed by atoms with Crippen molar-refractivity contribution in [1.82, 2.24) is 0 Å². The molecule has 0 radical (unpaired) electrons. The molecule has 0 aliphatic heterocycles. The number of hydrogen-bond acceptors (Lipinski definition) is 4. The lowest BCUT2D eigenvalue weighted by molar-refractivity contribution is 0.102. The van der Waals surface area contributed by atoms with Crippen LogP contribution in [0.5, 0.6) is 11.5 Å². The first kappa shape index (κ1) is 19.0. The minimum absolute atomic E-state index is 0.341. The molecule has 28 heavy (non-hydrogen) atoms. The first-order valence-electron chi connectivity index (χ1n) is 8.61. The van der Waals surface area contributed by atoms with E-state index in [1.807, 2.05) is 0 Å². The summed E-state index contributed by atoms with van der Waals surface area (Å²) in [6, 6.07) is 20.7. The van der Waals surface area contributed by atoms with E-state index in [0.29, 0.717) is 34.0 Å². The summed E-state index contributed by atoms with van der Waals surface area (Å²) in [6.07, 6.45) is 0. The zero-order valence-corrected chi connectivity index (χ0v) is 15.6. The van der Waals surface area contributed by atoms with Crippen LogP contribution in [0, 0.1) is 0 Å². The van der Waals surface area contributed by atoms with Crippen molar-refractivity contribution >= 4 is 23.2 Å². The number of ether oxygens (including phenoxy) is 2. The Bertz CT molecular complexity index is 1000. The zero-order valence-electron chi connectivity index (χ0n) is 15.6. The molecular weight excluding hydrogens is 356 g/mol. The standard InChI is InChI=1S/C22H20N2O4/c1-27-16-9-7-8-15(14-16)23-21(25)17-10-3-5-12-19(17)24-22(26)18-11-4-6-13-20(18)28-2/h3-14H,1-2H3,(H,23,25)(H,24,26). The van der Waals surface area contributed by atoms with Gasteiger partial charge in [0.1, 0.15) is 11.5 Å². The van der Waals surface area contributed by atoms with E-state index < -0.39 is 0 Å². The van der Waals surface area contributed by atoms with Crippen molar-refractivity contribution in [2.75, 3.05) is 24.9 Å². The van der Waals surface area contributed by atoms with E-state index in [4.69, 9.17) is 9.47 Å². The van der Waals surface area contributed by atoms with Gasteiger partial charge in [-0.25, -0.2) is 0 Å². The Balaban J connectivity index is 1.82. The fraction of sp³-hybridized carbons (Fsp3) is 0.0909. The molecule has 6 heteroatoms. The highest BCUT2D eigenvalue weighted by Crippen LogP contribution is 2.23. The molecule has 2 amide bonds. The number of nitrogens with one attached hydrogen (secondary N) is 2. The van der Waals surface area contributed by atoms with E-state index in [-0.39, 0.29) is 11.8 Å². The predicted molar refractivity (Wildman–Crippen MR) is 108 cm³/mol. The maximum absolute atomic E-state index is 12.7. The molecule has 0 saturated carbocycles. The second-order valence-corrected chi connectivity index (χ2v) is 5.89. The van der Waals surface area contributed by atoms with Crippen molar-refractivity contribution in [2.24, 2.45) is 0 Å². The van der Waals surface area contributed by atoms with Gasteiger partial charge in [0.15, 0.2) is 0 Å². The van der Waals surface area contributed by atoms with E-state index in [0.717, 1.165) is 0 Å². The van der Waals surface area contributed by atoms with E-state index in [1.54, 1.807) is 79.9 Å². The summed E-state index contributed by atoms with van der Waals surface area (Å²) >= 11 is 0. The molecule has 0 bridgehead atoms. The minimum atomic E-state index is -0.362. The van der Waals surface area contributed by atoms with E-state index in [9.17, 15) is 9.59 Å². The third kappa shape index (κ3) is 4.29. The monoisotopic (exact) mass is 376 g/mol. The first-order valence-corrected chi connectivity index (χ1v) is 8.61. The average Bonchev–Trinajstić information content (AvgIpc) is 2.74. The van der Waals surface area contributed by atoms with Gasteiger partial charge >= 0.3 is 0 Å². The molecule has 0 unspecified atom stereocenters. The number of hydrogen-bond donors (Lipinski definition) is 2. The number of rotatable bonds is 6. The summed E-state index contributed by atoms with van der Waals surface area (Å²) < 4.78 is 10.4. The largest absolute Gasteiger partial charge is 0.497 e. The van der Waals surface area contributed by atoms with E-state index in [1.165, 1.54) is 7.11 Å². The number of para-hydroxylation sites is 2. The molecule has 3 aromatic carbocycles. The second-order valence-electron chi connectivity index (χ2n) is 5.89. The minimum Gasteiger partial charge on any atom is -0.497 e. The zero-order chi connectivity index (χ0) is 19.9. The van der Waals surface area contributed by atoms with Gasteiger partial charge in [0.2, 0.25) is 0 Å². The highest BCUT2D eigenvalue weighted by Gasteiger charge is 2.16. The highest BCUT2D eigenvalue weighted by atomic mass is 16.5. The van der Waals surface area contributed by atoms with Crippen molar-refractivity contribution in [2.45, 2.75) is 0 Å². The van der Waals surface area contributed by atoms with Crippen molar-refractivity contribution < 1.29 is 19.1 Å². The third-order valence-electron chi connectivity index (χ3n) is 4.10. The van der Waals surface area contributed by atoms with Crippen molar-refractivity contribution in [3.63, 3.8) is 0 Å². The van der Waals surface area contributed by atoms with Gasteiger partial charge in [-0.05, 0) is 36.4 Å². The van der Waals surface area contributed by atoms with Crippen LogP contribution >= 0.6 is 0 Å². The Hall–Kier alpha value is -3.80. The van der Waals surface area contributed by atoms with Crippen LogP contribution in [-0.2, 0) is 0 Å². The van der Waals surface area contributed by atoms with E-state index >= 15 is 0 Å². The lowest BCUT2D eigenvalue weighted by Crippen LogP contribution is -2.18. The Morgan fingerprint density at radius 1 is 0.714 bits per heavy atom. The second kappa shape index (κ2) is 8.73. The molecule has 0 aliphatic carbocycles. The molecule has 0 atom stereocenters. The summed E-state index contributed by atoms with van der Waals surface area (Å²) in [5.41, 5.74) is 1.72. The van der Waals surface area contributed by atoms with Gasteiger partial charge in [-0.2, -0.15) is 0 Å².